The molecule has 82 valence electrons. The van der Waals surface area contributed by atoms with Gasteiger partial charge in [0.15, 0.2) is 18.9 Å². The highest BCUT2D eigenvalue weighted by molar-refractivity contribution is 5.41. The molecule has 0 amide bonds. The topological polar surface area (TPSA) is 20.0 Å². The molecule has 0 N–H and O–H groups in total. The van der Waals surface area contributed by atoms with Crippen LogP contribution in [0.2, 0.25) is 0 Å². The summed E-state index contributed by atoms with van der Waals surface area (Å²) >= 11 is 0. The highest BCUT2D eigenvalue weighted by Crippen LogP contribution is 2.06. The lowest BCUT2D eigenvalue weighted by Crippen LogP contribution is -2.33. The maximum absolute atomic E-state index is 4.30. The largest absolute Gasteiger partial charge is 0.377 e. The molecule has 2 rings (SSSR count). The monoisotopic (exact) mass is 214 g/mol. The summed E-state index contributed by atoms with van der Waals surface area (Å²) in [6.07, 6.45) is 5.97. The molecule has 0 fully saturated rings. The fourth-order valence-corrected chi connectivity index (χ4v) is 1.53. The Hall–Kier alpha value is -1.90. The minimum atomic E-state index is 0.814. The van der Waals surface area contributed by atoms with E-state index in [0.717, 1.165) is 12.2 Å². The highest BCUT2D eigenvalue weighted by atomic mass is 15.1. The smallest absolute Gasteiger partial charge is 0.190 e. The SMILES string of the molecule is CN(C)c1cc[n+](Cc2ccccn2)cc1. The molecule has 2 aromatic rings. The van der Waals surface area contributed by atoms with Crippen molar-refractivity contribution in [2.75, 3.05) is 19.0 Å². The van der Waals surface area contributed by atoms with Gasteiger partial charge in [0, 0.05) is 38.1 Å². The van der Waals surface area contributed by atoms with Crippen molar-refractivity contribution in [1.29, 1.82) is 0 Å². The van der Waals surface area contributed by atoms with E-state index in [0.29, 0.717) is 0 Å². The average molecular weight is 214 g/mol. The van der Waals surface area contributed by atoms with Crippen LogP contribution in [0.25, 0.3) is 0 Å². The van der Waals surface area contributed by atoms with Gasteiger partial charge in [0.25, 0.3) is 0 Å². The van der Waals surface area contributed by atoms with Gasteiger partial charge in [-0.15, -0.1) is 0 Å². The first-order valence-corrected chi connectivity index (χ1v) is 5.32. The molecule has 0 saturated heterocycles. The van der Waals surface area contributed by atoms with Crippen molar-refractivity contribution in [3.05, 3.63) is 54.6 Å². The van der Waals surface area contributed by atoms with E-state index in [1.54, 1.807) is 0 Å². The van der Waals surface area contributed by atoms with Crippen molar-refractivity contribution in [3.8, 4) is 0 Å². The third-order valence-electron chi connectivity index (χ3n) is 2.46. The van der Waals surface area contributed by atoms with Crippen molar-refractivity contribution >= 4 is 5.69 Å². The summed E-state index contributed by atoms with van der Waals surface area (Å²) in [6.45, 7) is 0.814. The Morgan fingerprint density at radius 3 is 2.44 bits per heavy atom. The Labute approximate surface area is 96.0 Å². The van der Waals surface area contributed by atoms with Gasteiger partial charge in [0.2, 0.25) is 0 Å². The summed E-state index contributed by atoms with van der Waals surface area (Å²) in [6, 6.07) is 10.2. The van der Waals surface area contributed by atoms with Crippen LogP contribution in [-0.4, -0.2) is 19.1 Å². The molecule has 0 unspecified atom stereocenters. The predicted octanol–water partition coefficient (Wildman–Crippen LogP) is 1.48. The Balaban J connectivity index is 2.11. The zero-order chi connectivity index (χ0) is 11.4. The molecule has 3 nitrogen and oxygen atoms in total. The first-order chi connectivity index (χ1) is 7.75. The molecule has 0 atom stereocenters. The quantitative estimate of drug-likeness (QED) is 0.721. The number of pyridine rings is 2. The maximum atomic E-state index is 4.30. The van der Waals surface area contributed by atoms with Crippen LogP contribution in [0, 0.1) is 0 Å². The number of anilines is 1. The third kappa shape index (κ3) is 2.57. The van der Waals surface area contributed by atoms with Gasteiger partial charge in [-0.05, 0) is 12.1 Å². The van der Waals surface area contributed by atoms with Crippen molar-refractivity contribution in [2.45, 2.75) is 6.54 Å². The van der Waals surface area contributed by atoms with Gasteiger partial charge in [-0.2, -0.15) is 4.57 Å². The summed E-state index contributed by atoms with van der Waals surface area (Å²) in [5.41, 5.74) is 2.28. The minimum Gasteiger partial charge on any atom is -0.377 e. The van der Waals surface area contributed by atoms with Gasteiger partial charge in [-0.25, -0.2) is 0 Å². The Bertz CT molecular complexity index is 434. The second-order valence-electron chi connectivity index (χ2n) is 3.94. The first-order valence-electron chi connectivity index (χ1n) is 5.32. The molecule has 0 bridgehead atoms. The Kier molecular flexibility index (Phi) is 3.15. The van der Waals surface area contributed by atoms with Crippen molar-refractivity contribution in [3.63, 3.8) is 0 Å². The molecular formula is C13H16N3+. The second-order valence-corrected chi connectivity index (χ2v) is 3.94. The van der Waals surface area contributed by atoms with Crippen LogP contribution in [0.15, 0.2) is 48.9 Å². The van der Waals surface area contributed by atoms with Crippen molar-refractivity contribution in [2.24, 2.45) is 0 Å². The normalized spacial score (nSPS) is 10.1. The van der Waals surface area contributed by atoms with Crippen LogP contribution in [0.5, 0.6) is 0 Å². The third-order valence-corrected chi connectivity index (χ3v) is 2.46. The fourth-order valence-electron chi connectivity index (χ4n) is 1.53. The van der Waals surface area contributed by atoms with Gasteiger partial charge >= 0.3 is 0 Å². The van der Waals surface area contributed by atoms with Crippen molar-refractivity contribution in [1.82, 2.24) is 4.98 Å². The van der Waals surface area contributed by atoms with Gasteiger partial charge in [0.05, 0.1) is 0 Å². The van der Waals surface area contributed by atoms with Crippen LogP contribution in [0.1, 0.15) is 5.69 Å². The van der Waals surface area contributed by atoms with E-state index >= 15 is 0 Å². The van der Waals surface area contributed by atoms with E-state index in [1.165, 1.54) is 5.69 Å². The summed E-state index contributed by atoms with van der Waals surface area (Å²) in [7, 11) is 4.08. The molecule has 16 heavy (non-hydrogen) atoms. The summed E-state index contributed by atoms with van der Waals surface area (Å²) < 4.78 is 2.12. The van der Waals surface area contributed by atoms with E-state index in [4.69, 9.17) is 0 Å². The number of hydrogen-bond donors (Lipinski definition) is 0. The van der Waals surface area contributed by atoms with Crippen LogP contribution < -0.4 is 9.47 Å². The van der Waals surface area contributed by atoms with Crippen LogP contribution in [0.3, 0.4) is 0 Å². The average Bonchev–Trinajstić information content (AvgIpc) is 2.31. The standard InChI is InChI=1S/C13H16N3/c1-15(2)13-6-9-16(10-7-13)11-12-5-3-4-8-14-12/h3-10H,11H2,1-2H3/q+1. The highest BCUT2D eigenvalue weighted by Gasteiger charge is 2.03. The van der Waals surface area contributed by atoms with E-state index in [9.17, 15) is 0 Å². The molecule has 0 aliphatic carbocycles. The van der Waals surface area contributed by atoms with Crippen LogP contribution in [0.4, 0.5) is 5.69 Å². The summed E-state index contributed by atoms with van der Waals surface area (Å²) in [4.78, 5) is 6.39. The molecule has 0 radical (unpaired) electrons. The number of hydrogen-bond acceptors (Lipinski definition) is 2. The molecule has 0 aromatic carbocycles. The lowest BCUT2D eigenvalue weighted by Gasteiger charge is -2.10. The van der Waals surface area contributed by atoms with E-state index in [2.05, 4.69) is 39.0 Å². The van der Waals surface area contributed by atoms with E-state index in [1.807, 2.05) is 38.5 Å². The molecular weight excluding hydrogens is 198 g/mol. The van der Waals surface area contributed by atoms with Crippen LogP contribution >= 0.6 is 0 Å². The minimum absolute atomic E-state index is 0.814. The molecule has 0 aliphatic rings. The van der Waals surface area contributed by atoms with E-state index in [-0.39, 0.29) is 0 Å². The van der Waals surface area contributed by atoms with Crippen molar-refractivity contribution < 1.29 is 4.57 Å². The molecule has 0 aliphatic heterocycles. The van der Waals surface area contributed by atoms with Crippen LogP contribution in [-0.2, 0) is 6.54 Å². The number of nitrogens with zero attached hydrogens (tertiary/aromatic N) is 3. The molecule has 2 aromatic heterocycles. The number of rotatable bonds is 3. The Morgan fingerprint density at radius 2 is 1.88 bits per heavy atom. The van der Waals surface area contributed by atoms with Gasteiger partial charge in [-0.3, -0.25) is 4.98 Å². The zero-order valence-corrected chi connectivity index (χ0v) is 9.67. The fraction of sp³-hybridized carbons (Fsp3) is 0.231. The second kappa shape index (κ2) is 4.75. The maximum Gasteiger partial charge on any atom is 0.190 e. The summed E-state index contributed by atoms with van der Waals surface area (Å²) in [5.74, 6) is 0. The molecule has 0 spiro atoms. The molecule has 0 saturated carbocycles. The lowest BCUT2D eigenvalue weighted by molar-refractivity contribution is -0.688. The van der Waals surface area contributed by atoms with Gasteiger partial charge in [0.1, 0.15) is 5.69 Å². The summed E-state index contributed by atoms with van der Waals surface area (Å²) in [5, 5.41) is 0. The first kappa shape index (κ1) is 10.6. The molecule has 2 heterocycles. The molecule has 3 heteroatoms. The predicted molar refractivity (Wildman–Crippen MR) is 64.3 cm³/mol. The lowest BCUT2D eigenvalue weighted by atomic mass is 10.3. The Morgan fingerprint density at radius 1 is 1.12 bits per heavy atom. The number of aromatic nitrogens is 2. The van der Waals surface area contributed by atoms with Gasteiger partial charge < -0.3 is 4.90 Å². The van der Waals surface area contributed by atoms with Gasteiger partial charge in [-0.1, -0.05) is 6.07 Å². The zero-order valence-electron chi connectivity index (χ0n) is 9.67. The van der Waals surface area contributed by atoms with E-state index < -0.39 is 0 Å².